The van der Waals surface area contributed by atoms with E-state index in [-0.39, 0.29) is 5.91 Å². The molecule has 0 saturated heterocycles. The smallest absolute Gasteiger partial charge is 0.258 e. The Kier molecular flexibility index (Phi) is 5.63. The highest BCUT2D eigenvalue weighted by Gasteiger charge is 2.13. The normalized spacial score (nSPS) is 10.6. The average molecular weight is 364 g/mol. The predicted octanol–water partition coefficient (Wildman–Crippen LogP) is 4.06. The molecule has 2 heterocycles. The highest BCUT2D eigenvalue weighted by molar-refractivity contribution is 7.98. The van der Waals surface area contributed by atoms with Crippen LogP contribution in [0, 0.1) is 13.8 Å². The second kappa shape index (κ2) is 8.10. The van der Waals surface area contributed by atoms with Gasteiger partial charge in [0.25, 0.3) is 5.91 Å². The zero-order valence-corrected chi connectivity index (χ0v) is 15.8. The largest absolute Gasteiger partial charge is 0.310 e. The maximum absolute atomic E-state index is 12.6. The molecule has 132 valence electrons. The zero-order valence-electron chi connectivity index (χ0n) is 15.0. The van der Waals surface area contributed by atoms with Gasteiger partial charge in [-0.1, -0.05) is 23.9 Å². The first-order valence-electron chi connectivity index (χ1n) is 8.25. The van der Waals surface area contributed by atoms with Gasteiger partial charge in [-0.15, -0.1) is 0 Å². The first-order chi connectivity index (χ1) is 12.5. The maximum Gasteiger partial charge on any atom is 0.258 e. The molecule has 2 aromatic heterocycles. The lowest BCUT2D eigenvalue weighted by molar-refractivity contribution is 0.0993. The Morgan fingerprint density at radius 2 is 1.77 bits per heavy atom. The third-order valence-electron chi connectivity index (χ3n) is 3.87. The Labute approximate surface area is 157 Å². The second-order valence-electron chi connectivity index (χ2n) is 5.99. The van der Waals surface area contributed by atoms with Crippen LogP contribution in [-0.4, -0.2) is 27.9 Å². The van der Waals surface area contributed by atoms with Crippen molar-refractivity contribution in [2.24, 2.45) is 0 Å². The number of aryl methyl sites for hydroxylation is 2. The quantitative estimate of drug-likeness (QED) is 0.505. The van der Waals surface area contributed by atoms with Gasteiger partial charge in [0.1, 0.15) is 0 Å². The molecule has 26 heavy (non-hydrogen) atoms. The highest BCUT2D eigenvalue weighted by atomic mass is 32.2. The first-order valence-corrected chi connectivity index (χ1v) is 9.23. The van der Waals surface area contributed by atoms with Gasteiger partial charge in [0.15, 0.2) is 5.16 Å². The minimum absolute atomic E-state index is 0.0603. The molecule has 5 nitrogen and oxygen atoms in total. The molecule has 0 aliphatic carbocycles. The van der Waals surface area contributed by atoms with E-state index in [0.29, 0.717) is 5.56 Å². The molecule has 0 saturated carbocycles. The van der Waals surface area contributed by atoms with Crippen LogP contribution in [0.15, 0.2) is 60.0 Å². The number of anilines is 1. The second-order valence-corrected chi connectivity index (χ2v) is 6.94. The number of carbonyl (C=O) groups is 1. The SMILES string of the molecule is Cc1cc(C)nc(SCc2ccc(C(=O)N(C)c3cccnc3)cc2)n1. The van der Waals surface area contributed by atoms with Crippen LogP contribution in [0.3, 0.4) is 0 Å². The van der Waals surface area contributed by atoms with Crippen molar-refractivity contribution in [1.82, 2.24) is 15.0 Å². The number of aromatic nitrogens is 3. The molecule has 0 aliphatic rings. The summed E-state index contributed by atoms with van der Waals surface area (Å²) in [5.74, 6) is 0.699. The standard InChI is InChI=1S/C20H20N4OS/c1-14-11-15(2)23-20(22-14)26-13-16-6-8-17(9-7-16)19(25)24(3)18-5-4-10-21-12-18/h4-12H,13H2,1-3H3. The number of benzene rings is 1. The van der Waals surface area contributed by atoms with E-state index in [2.05, 4.69) is 15.0 Å². The summed E-state index contributed by atoms with van der Waals surface area (Å²) in [5, 5.41) is 0.777. The Morgan fingerprint density at radius 1 is 1.08 bits per heavy atom. The average Bonchev–Trinajstić information content (AvgIpc) is 2.65. The van der Waals surface area contributed by atoms with Crippen molar-refractivity contribution in [2.45, 2.75) is 24.8 Å². The Morgan fingerprint density at radius 3 is 2.38 bits per heavy atom. The molecule has 3 aromatic rings. The lowest BCUT2D eigenvalue weighted by atomic mass is 10.1. The number of nitrogens with zero attached hydrogens (tertiary/aromatic N) is 4. The summed E-state index contributed by atoms with van der Waals surface area (Å²) in [6.45, 7) is 3.94. The number of rotatable bonds is 5. The molecule has 1 aromatic carbocycles. The summed E-state index contributed by atoms with van der Waals surface area (Å²) in [6, 6.07) is 13.3. The lowest BCUT2D eigenvalue weighted by Crippen LogP contribution is -2.26. The first kappa shape index (κ1) is 18.1. The van der Waals surface area contributed by atoms with Gasteiger partial charge < -0.3 is 4.90 Å². The molecule has 0 bridgehead atoms. The van der Waals surface area contributed by atoms with Crippen LogP contribution in [0.25, 0.3) is 0 Å². The van der Waals surface area contributed by atoms with Gasteiger partial charge in [-0.2, -0.15) is 0 Å². The van der Waals surface area contributed by atoms with Gasteiger partial charge >= 0.3 is 0 Å². The van der Waals surface area contributed by atoms with Crippen molar-refractivity contribution in [3.8, 4) is 0 Å². The predicted molar refractivity (Wildman–Crippen MR) is 104 cm³/mol. The summed E-state index contributed by atoms with van der Waals surface area (Å²) in [6.07, 6.45) is 3.36. The van der Waals surface area contributed by atoms with E-state index in [4.69, 9.17) is 0 Å². The molecule has 0 radical (unpaired) electrons. The number of pyridine rings is 1. The van der Waals surface area contributed by atoms with Gasteiger partial charge in [0, 0.05) is 35.9 Å². The Bertz CT molecular complexity index is 877. The molecule has 0 aliphatic heterocycles. The number of thioether (sulfide) groups is 1. The zero-order chi connectivity index (χ0) is 18.5. The minimum atomic E-state index is -0.0603. The Balaban J connectivity index is 1.65. The number of hydrogen-bond acceptors (Lipinski definition) is 5. The molecule has 0 N–H and O–H groups in total. The minimum Gasteiger partial charge on any atom is -0.310 e. The molecule has 0 unspecified atom stereocenters. The van der Waals surface area contributed by atoms with Gasteiger partial charge in [-0.3, -0.25) is 9.78 Å². The number of hydrogen-bond donors (Lipinski definition) is 0. The van der Waals surface area contributed by atoms with Crippen molar-refractivity contribution in [1.29, 1.82) is 0 Å². The van der Waals surface area contributed by atoms with Crippen molar-refractivity contribution >= 4 is 23.4 Å². The van der Waals surface area contributed by atoms with E-state index in [1.165, 1.54) is 0 Å². The fraction of sp³-hybridized carbons (Fsp3) is 0.200. The molecule has 0 fully saturated rings. The summed E-state index contributed by atoms with van der Waals surface area (Å²) in [7, 11) is 1.75. The number of carbonyl (C=O) groups excluding carboxylic acids is 1. The van der Waals surface area contributed by atoms with Crippen LogP contribution < -0.4 is 4.90 Å². The van der Waals surface area contributed by atoms with E-state index in [1.54, 1.807) is 36.1 Å². The van der Waals surface area contributed by atoms with Gasteiger partial charge in [-0.25, -0.2) is 9.97 Å². The monoisotopic (exact) mass is 364 g/mol. The van der Waals surface area contributed by atoms with Gasteiger partial charge in [-0.05, 0) is 49.7 Å². The Hall–Kier alpha value is -2.73. The summed E-state index contributed by atoms with van der Waals surface area (Å²) in [4.78, 5) is 27.1. The van der Waals surface area contributed by atoms with Crippen LogP contribution in [0.2, 0.25) is 0 Å². The topological polar surface area (TPSA) is 59.0 Å². The third kappa shape index (κ3) is 4.46. The fourth-order valence-electron chi connectivity index (χ4n) is 2.51. The molecule has 0 atom stereocenters. The molecule has 3 rings (SSSR count). The van der Waals surface area contributed by atoms with Crippen molar-refractivity contribution in [3.63, 3.8) is 0 Å². The lowest BCUT2D eigenvalue weighted by Gasteiger charge is -2.17. The van der Waals surface area contributed by atoms with Crippen molar-refractivity contribution in [3.05, 3.63) is 77.4 Å². The fourth-order valence-corrected chi connectivity index (χ4v) is 3.42. The van der Waals surface area contributed by atoms with Crippen LogP contribution in [0.4, 0.5) is 5.69 Å². The van der Waals surface area contributed by atoms with E-state index in [1.807, 2.05) is 56.3 Å². The van der Waals surface area contributed by atoms with Crippen LogP contribution in [0.5, 0.6) is 0 Å². The number of amides is 1. The molecule has 6 heteroatoms. The summed E-state index contributed by atoms with van der Waals surface area (Å²) >= 11 is 1.59. The van der Waals surface area contributed by atoms with E-state index in [9.17, 15) is 4.79 Å². The van der Waals surface area contributed by atoms with Gasteiger partial charge in [0.2, 0.25) is 0 Å². The van der Waals surface area contributed by atoms with E-state index in [0.717, 1.165) is 33.5 Å². The van der Waals surface area contributed by atoms with Crippen molar-refractivity contribution in [2.75, 3.05) is 11.9 Å². The summed E-state index contributed by atoms with van der Waals surface area (Å²) in [5.41, 5.74) is 4.48. The van der Waals surface area contributed by atoms with Crippen LogP contribution in [-0.2, 0) is 5.75 Å². The third-order valence-corrected chi connectivity index (χ3v) is 4.79. The summed E-state index contributed by atoms with van der Waals surface area (Å²) < 4.78 is 0. The highest BCUT2D eigenvalue weighted by Crippen LogP contribution is 2.21. The van der Waals surface area contributed by atoms with Crippen molar-refractivity contribution < 1.29 is 4.79 Å². The molecule has 1 amide bonds. The van der Waals surface area contributed by atoms with Crippen LogP contribution in [0.1, 0.15) is 27.3 Å². The molecule has 0 spiro atoms. The van der Waals surface area contributed by atoms with E-state index < -0.39 is 0 Å². The molecular formula is C20H20N4OS. The van der Waals surface area contributed by atoms with Crippen LogP contribution >= 0.6 is 11.8 Å². The molecular weight excluding hydrogens is 344 g/mol. The maximum atomic E-state index is 12.6. The van der Waals surface area contributed by atoms with Gasteiger partial charge in [0.05, 0.1) is 11.9 Å². The van der Waals surface area contributed by atoms with E-state index >= 15 is 0 Å².